The highest BCUT2D eigenvalue weighted by atomic mass is 19.1. The summed E-state index contributed by atoms with van der Waals surface area (Å²) in [6.07, 6.45) is 2.83. The van der Waals surface area contributed by atoms with Crippen molar-refractivity contribution in [2.45, 2.75) is 18.9 Å². The Morgan fingerprint density at radius 3 is 2.73 bits per heavy atom. The molecule has 0 radical (unpaired) electrons. The number of aromatic amines is 1. The molecule has 1 fully saturated rings. The number of nitrogens with one attached hydrogen (secondary N) is 2. The van der Waals surface area contributed by atoms with Crippen LogP contribution in [0.2, 0.25) is 0 Å². The molecule has 6 nitrogen and oxygen atoms in total. The Morgan fingerprint density at radius 2 is 2.00 bits per heavy atom. The quantitative estimate of drug-likeness (QED) is 0.758. The van der Waals surface area contributed by atoms with E-state index in [2.05, 4.69) is 10.3 Å². The van der Waals surface area contributed by atoms with Crippen LogP contribution in [-0.2, 0) is 0 Å². The van der Waals surface area contributed by atoms with E-state index in [0.29, 0.717) is 42.8 Å². The Bertz CT molecular complexity index is 940. The summed E-state index contributed by atoms with van der Waals surface area (Å²) < 4.78 is 18.4. The molecule has 3 heterocycles. The molecule has 1 aliphatic heterocycles. The Morgan fingerprint density at radius 1 is 1.19 bits per heavy atom. The summed E-state index contributed by atoms with van der Waals surface area (Å²) in [6.45, 7) is 1.12. The summed E-state index contributed by atoms with van der Waals surface area (Å²) in [5, 5.41) is 3.64. The van der Waals surface area contributed by atoms with Gasteiger partial charge in [-0.3, -0.25) is 9.59 Å². The zero-order chi connectivity index (χ0) is 18.1. The number of carbonyl (C=O) groups excluding carboxylic acids is 2. The lowest BCUT2D eigenvalue weighted by molar-refractivity contribution is 0.0667. The minimum absolute atomic E-state index is 0.00806. The Kier molecular flexibility index (Phi) is 4.20. The molecular formula is C19H18FN3O3. The van der Waals surface area contributed by atoms with E-state index in [1.807, 2.05) is 0 Å². The number of halogens is 1. The molecule has 0 saturated carbocycles. The van der Waals surface area contributed by atoms with Crippen LogP contribution in [0, 0.1) is 5.82 Å². The molecule has 4 rings (SSSR count). The van der Waals surface area contributed by atoms with Gasteiger partial charge in [-0.1, -0.05) is 0 Å². The number of amides is 2. The lowest BCUT2D eigenvalue weighted by Gasteiger charge is -2.31. The summed E-state index contributed by atoms with van der Waals surface area (Å²) in [6, 6.07) is 9.32. The second-order valence-corrected chi connectivity index (χ2v) is 6.43. The Hall–Kier alpha value is -3.09. The van der Waals surface area contributed by atoms with Gasteiger partial charge in [0.1, 0.15) is 11.5 Å². The highest BCUT2D eigenvalue weighted by Crippen LogP contribution is 2.18. The monoisotopic (exact) mass is 355 g/mol. The number of hydrogen-bond donors (Lipinski definition) is 2. The van der Waals surface area contributed by atoms with Gasteiger partial charge in [-0.15, -0.1) is 0 Å². The van der Waals surface area contributed by atoms with Crippen LogP contribution in [-0.4, -0.2) is 40.8 Å². The molecule has 0 atom stereocenters. The lowest BCUT2D eigenvalue weighted by Crippen LogP contribution is -2.46. The number of benzene rings is 1. The molecule has 2 N–H and O–H groups in total. The van der Waals surface area contributed by atoms with E-state index in [0.717, 1.165) is 5.52 Å². The van der Waals surface area contributed by atoms with E-state index >= 15 is 0 Å². The predicted molar refractivity (Wildman–Crippen MR) is 93.4 cm³/mol. The molecule has 0 bridgehead atoms. The standard InChI is InChI=1S/C19H18FN3O3/c20-13-3-4-15-12(10-13)11-16(22-15)18(24)21-14-5-7-23(8-6-14)19(25)17-2-1-9-26-17/h1-4,9-11,14,22H,5-8H2,(H,21,24). The fourth-order valence-corrected chi connectivity index (χ4v) is 3.27. The molecule has 134 valence electrons. The Balaban J connectivity index is 1.36. The largest absolute Gasteiger partial charge is 0.459 e. The van der Waals surface area contributed by atoms with Crippen LogP contribution in [0.4, 0.5) is 4.39 Å². The van der Waals surface area contributed by atoms with Crippen molar-refractivity contribution in [2.75, 3.05) is 13.1 Å². The number of likely N-dealkylation sites (tertiary alicyclic amines) is 1. The van der Waals surface area contributed by atoms with Crippen molar-refractivity contribution in [3.63, 3.8) is 0 Å². The van der Waals surface area contributed by atoms with Gasteiger partial charge < -0.3 is 19.6 Å². The van der Waals surface area contributed by atoms with Crippen LogP contribution < -0.4 is 5.32 Å². The van der Waals surface area contributed by atoms with Crippen LogP contribution in [0.3, 0.4) is 0 Å². The average Bonchev–Trinajstić information content (AvgIpc) is 3.31. The van der Waals surface area contributed by atoms with Crippen molar-refractivity contribution in [3.05, 3.63) is 59.9 Å². The zero-order valence-corrected chi connectivity index (χ0v) is 14.0. The number of aromatic nitrogens is 1. The first kappa shape index (κ1) is 16.4. The van der Waals surface area contributed by atoms with Crippen molar-refractivity contribution in [1.29, 1.82) is 0 Å². The highest BCUT2D eigenvalue weighted by molar-refractivity contribution is 5.98. The van der Waals surface area contributed by atoms with Gasteiger partial charge in [0.15, 0.2) is 5.76 Å². The molecule has 1 aromatic carbocycles. The molecular weight excluding hydrogens is 337 g/mol. The molecule has 0 unspecified atom stereocenters. The van der Waals surface area contributed by atoms with Crippen molar-refractivity contribution >= 4 is 22.7 Å². The maximum Gasteiger partial charge on any atom is 0.289 e. The first-order valence-electron chi connectivity index (χ1n) is 8.52. The molecule has 26 heavy (non-hydrogen) atoms. The molecule has 1 aliphatic rings. The van der Waals surface area contributed by atoms with Gasteiger partial charge in [0.25, 0.3) is 11.8 Å². The van der Waals surface area contributed by atoms with E-state index in [-0.39, 0.29) is 23.7 Å². The number of fused-ring (bicyclic) bond motifs is 1. The first-order chi connectivity index (χ1) is 12.6. The fraction of sp³-hybridized carbons (Fsp3) is 0.263. The normalized spacial score (nSPS) is 15.3. The number of nitrogens with zero attached hydrogens (tertiary/aromatic N) is 1. The van der Waals surface area contributed by atoms with Gasteiger partial charge in [-0.25, -0.2) is 4.39 Å². The van der Waals surface area contributed by atoms with Gasteiger partial charge in [0, 0.05) is 30.0 Å². The molecule has 2 aromatic heterocycles. The number of carbonyl (C=O) groups is 2. The zero-order valence-electron chi connectivity index (χ0n) is 14.0. The lowest BCUT2D eigenvalue weighted by atomic mass is 10.0. The SMILES string of the molecule is O=C(NC1CCN(C(=O)c2ccco2)CC1)c1cc2cc(F)ccc2[nH]1. The van der Waals surface area contributed by atoms with Crippen molar-refractivity contribution in [2.24, 2.45) is 0 Å². The summed E-state index contributed by atoms with van der Waals surface area (Å²) in [4.78, 5) is 29.4. The third-order valence-electron chi connectivity index (χ3n) is 4.68. The van der Waals surface area contributed by atoms with Gasteiger partial charge >= 0.3 is 0 Å². The van der Waals surface area contributed by atoms with E-state index in [1.54, 1.807) is 29.2 Å². The van der Waals surface area contributed by atoms with Crippen LogP contribution in [0.25, 0.3) is 10.9 Å². The number of hydrogen-bond acceptors (Lipinski definition) is 3. The maximum absolute atomic E-state index is 13.3. The third-order valence-corrected chi connectivity index (χ3v) is 4.68. The number of furan rings is 1. The molecule has 0 aliphatic carbocycles. The Labute approximate surface area is 149 Å². The minimum atomic E-state index is -0.336. The molecule has 2 amide bonds. The van der Waals surface area contributed by atoms with Gasteiger partial charge in [0.05, 0.1) is 6.26 Å². The maximum atomic E-state index is 13.3. The highest BCUT2D eigenvalue weighted by Gasteiger charge is 2.26. The summed E-state index contributed by atoms with van der Waals surface area (Å²) >= 11 is 0. The summed E-state index contributed by atoms with van der Waals surface area (Å²) in [5.41, 5.74) is 1.12. The predicted octanol–water partition coefficient (Wildman–Crippen LogP) is 2.93. The van der Waals surface area contributed by atoms with Gasteiger partial charge in [-0.2, -0.15) is 0 Å². The molecule has 0 spiro atoms. The van der Waals surface area contributed by atoms with Crippen molar-refractivity contribution < 1.29 is 18.4 Å². The first-order valence-corrected chi connectivity index (χ1v) is 8.52. The van der Waals surface area contributed by atoms with Gasteiger partial charge in [0.2, 0.25) is 0 Å². The fourth-order valence-electron chi connectivity index (χ4n) is 3.27. The molecule has 7 heteroatoms. The van der Waals surface area contributed by atoms with Gasteiger partial charge in [-0.05, 0) is 49.2 Å². The third kappa shape index (κ3) is 3.20. The van der Waals surface area contributed by atoms with Crippen LogP contribution in [0.5, 0.6) is 0 Å². The van der Waals surface area contributed by atoms with Crippen LogP contribution in [0.1, 0.15) is 33.9 Å². The van der Waals surface area contributed by atoms with E-state index < -0.39 is 0 Å². The molecule has 3 aromatic rings. The number of piperidine rings is 1. The minimum Gasteiger partial charge on any atom is -0.459 e. The van der Waals surface area contributed by atoms with Crippen molar-refractivity contribution in [1.82, 2.24) is 15.2 Å². The summed E-state index contributed by atoms with van der Waals surface area (Å²) in [7, 11) is 0. The second kappa shape index (κ2) is 6.67. The van der Waals surface area contributed by atoms with Crippen molar-refractivity contribution in [3.8, 4) is 0 Å². The summed E-state index contributed by atoms with van der Waals surface area (Å²) in [5.74, 6) is -0.357. The number of rotatable bonds is 3. The van der Waals surface area contributed by atoms with Crippen LogP contribution >= 0.6 is 0 Å². The van der Waals surface area contributed by atoms with Crippen LogP contribution in [0.15, 0.2) is 47.1 Å². The second-order valence-electron chi connectivity index (χ2n) is 6.43. The van der Waals surface area contributed by atoms with E-state index in [4.69, 9.17) is 4.42 Å². The number of H-pyrrole nitrogens is 1. The average molecular weight is 355 g/mol. The smallest absolute Gasteiger partial charge is 0.289 e. The van der Waals surface area contributed by atoms with E-state index in [9.17, 15) is 14.0 Å². The van der Waals surface area contributed by atoms with E-state index in [1.165, 1.54) is 18.4 Å². The molecule has 1 saturated heterocycles. The topological polar surface area (TPSA) is 78.3 Å².